The molecule has 0 radical (unpaired) electrons. The second kappa shape index (κ2) is 7.25. The fourth-order valence-electron chi connectivity index (χ4n) is 2.24. The van der Waals surface area contributed by atoms with Crippen LogP contribution in [0.25, 0.3) is 0 Å². The van der Waals surface area contributed by atoms with Gasteiger partial charge in [0.15, 0.2) is 0 Å². The fraction of sp³-hybridized carbons (Fsp3) is 1.00. The third-order valence-electron chi connectivity index (χ3n) is 3.22. The van der Waals surface area contributed by atoms with Crippen molar-refractivity contribution >= 4 is 10.0 Å². The molecule has 16 heavy (non-hydrogen) atoms. The van der Waals surface area contributed by atoms with E-state index < -0.39 is 10.0 Å². The molecule has 0 heterocycles. The molecule has 4 nitrogen and oxygen atoms in total. The summed E-state index contributed by atoms with van der Waals surface area (Å²) in [7, 11) is -3.07. The van der Waals surface area contributed by atoms with E-state index in [4.69, 9.17) is 5.73 Å². The summed E-state index contributed by atoms with van der Waals surface area (Å²) >= 11 is 0. The first-order valence-corrected chi connectivity index (χ1v) is 7.96. The van der Waals surface area contributed by atoms with Gasteiger partial charge in [0.05, 0.1) is 5.75 Å². The smallest absolute Gasteiger partial charge is 0.211 e. The van der Waals surface area contributed by atoms with E-state index in [-0.39, 0.29) is 5.75 Å². The average Bonchev–Trinajstić information content (AvgIpc) is 2.28. The molecule has 3 N–H and O–H groups in total. The molecule has 0 spiro atoms. The maximum atomic E-state index is 11.5. The van der Waals surface area contributed by atoms with E-state index in [9.17, 15) is 8.42 Å². The molecule has 1 aliphatic carbocycles. The third kappa shape index (κ3) is 5.82. The Hall–Kier alpha value is -0.130. The average molecular weight is 248 g/mol. The molecule has 0 saturated heterocycles. The normalized spacial score (nSPS) is 18.8. The lowest BCUT2D eigenvalue weighted by molar-refractivity contribution is 0.339. The molecule has 1 rings (SSSR count). The quantitative estimate of drug-likeness (QED) is 0.711. The Bertz CT molecular complexity index is 272. The van der Waals surface area contributed by atoms with E-state index in [1.165, 1.54) is 32.1 Å². The van der Waals surface area contributed by atoms with Gasteiger partial charge in [-0.3, -0.25) is 0 Å². The zero-order valence-corrected chi connectivity index (χ0v) is 10.8. The molecule has 0 atom stereocenters. The second-order valence-corrected chi connectivity index (χ2v) is 6.57. The van der Waals surface area contributed by atoms with Gasteiger partial charge in [-0.05, 0) is 25.3 Å². The first-order valence-electron chi connectivity index (χ1n) is 6.31. The van der Waals surface area contributed by atoms with Gasteiger partial charge in [-0.2, -0.15) is 0 Å². The molecule has 0 aliphatic heterocycles. The van der Waals surface area contributed by atoms with Gasteiger partial charge in [-0.1, -0.05) is 32.1 Å². The largest absolute Gasteiger partial charge is 0.330 e. The SMILES string of the molecule is NCCCS(=O)(=O)NCCC1CCCCC1. The van der Waals surface area contributed by atoms with E-state index in [1.807, 2.05) is 0 Å². The number of sulfonamides is 1. The zero-order valence-electron chi connectivity index (χ0n) is 9.95. The standard InChI is InChI=1S/C11H24N2O2S/c12-8-4-10-16(14,15)13-9-7-11-5-2-1-3-6-11/h11,13H,1-10,12H2. The molecule has 0 bridgehead atoms. The minimum Gasteiger partial charge on any atom is -0.330 e. The summed E-state index contributed by atoms with van der Waals surface area (Å²) in [5.74, 6) is 0.889. The van der Waals surface area contributed by atoms with Crippen LogP contribution in [-0.4, -0.2) is 27.3 Å². The summed E-state index contributed by atoms with van der Waals surface area (Å²) in [5.41, 5.74) is 5.29. The van der Waals surface area contributed by atoms with Gasteiger partial charge in [0.1, 0.15) is 0 Å². The molecule has 0 aromatic heterocycles. The highest BCUT2D eigenvalue weighted by Crippen LogP contribution is 2.25. The molecule has 96 valence electrons. The first-order chi connectivity index (χ1) is 7.64. The van der Waals surface area contributed by atoms with Gasteiger partial charge in [-0.15, -0.1) is 0 Å². The zero-order chi connectivity index (χ0) is 11.9. The van der Waals surface area contributed by atoms with E-state index in [2.05, 4.69) is 4.72 Å². The molecular weight excluding hydrogens is 224 g/mol. The minimum absolute atomic E-state index is 0.161. The highest BCUT2D eigenvalue weighted by atomic mass is 32.2. The molecule has 5 heteroatoms. The molecule has 0 unspecified atom stereocenters. The van der Waals surface area contributed by atoms with Crippen molar-refractivity contribution in [3.63, 3.8) is 0 Å². The predicted octanol–water partition coefficient (Wildman–Crippen LogP) is 1.22. The Balaban J connectivity index is 2.13. The van der Waals surface area contributed by atoms with Crippen molar-refractivity contribution in [1.29, 1.82) is 0 Å². The Kier molecular flexibility index (Phi) is 6.31. The summed E-state index contributed by atoms with van der Waals surface area (Å²) in [4.78, 5) is 0. The Morgan fingerprint density at radius 1 is 1.19 bits per heavy atom. The van der Waals surface area contributed by atoms with Crippen LogP contribution in [0.1, 0.15) is 44.9 Å². The number of hydrogen-bond acceptors (Lipinski definition) is 3. The lowest BCUT2D eigenvalue weighted by Gasteiger charge is -2.21. The lowest BCUT2D eigenvalue weighted by atomic mass is 9.87. The Morgan fingerprint density at radius 3 is 2.50 bits per heavy atom. The van der Waals surface area contributed by atoms with Crippen LogP contribution in [0.5, 0.6) is 0 Å². The van der Waals surface area contributed by atoms with Crippen molar-refractivity contribution < 1.29 is 8.42 Å². The maximum Gasteiger partial charge on any atom is 0.211 e. The van der Waals surface area contributed by atoms with Crippen molar-refractivity contribution in [2.75, 3.05) is 18.8 Å². The van der Waals surface area contributed by atoms with Crippen LogP contribution in [0.15, 0.2) is 0 Å². The highest BCUT2D eigenvalue weighted by Gasteiger charge is 2.14. The van der Waals surface area contributed by atoms with Crippen molar-refractivity contribution in [2.45, 2.75) is 44.9 Å². The number of nitrogens with one attached hydrogen (secondary N) is 1. The van der Waals surface area contributed by atoms with E-state index >= 15 is 0 Å². The van der Waals surface area contributed by atoms with Crippen molar-refractivity contribution in [1.82, 2.24) is 4.72 Å². The topological polar surface area (TPSA) is 72.2 Å². The van der Waals surface area contributed by atoms with E-state index in [0.717, 1.165) is 12.3 Å². The molecule has 0 aromatic carbocycles. The van der Waals surface area contributed by atoms with Crippen LogP contribution in [0.3, 0.4) is 0 Å². The van der Waals surface area contributed by atoms with Gasteiger partial charge in [0.2, 0.25) is 10.0 Å². The van der Waals surface area contributed by atoms with Crippen LogP contribution < -0.4 is 10.5 Å². The fourth-order valence-corrected chi connectivity index (χ4v) is 3.36. The Labute approximate surface area is 99.0 Å². The maximum absolute atomic E-state index is 11.5. The number of rotatable bonds is 7. The summed E-state index contributed by atoms with van der Waals surface area (Å²) < 4.78 is 25.6. The third-order valence-corrected chi connectivity index (χ3v) is 4.69. The monoisotopic (exact) mass is 248 g/mol. The van der Waals surface area contributed by atoms with Crippen LogP contribution in [0, 0.1) is 5.92 Å². The van der Waals surface area contributed by atoms with Crippen LogP contribution in [-0.2, 0) is 10.0 Å². The Morgan fingerprint density at radius 2 is 1.88 bits per heavy atom. The van der Waals surface area contributed by atoms with Gasteiger partial charge in [-0.25, -0.2) is 13.1 Å². The molecular formula is C11H24N2O2S. The van der Waals surface area contributed by atoms with Crippen molar-refractivity contribution in [2.24, 2.45) is 11.7 Å². The molecule has 0 aromatic rings. The van der Waals surface area contributed by atoms with Gasteiger partial charge < -0.3 is 5.73 Å². The van der Waals surface area contributed by atoms with Crippen molar-refractivity contribution in [3.05, 3.63) is 0 Å². The number of hydrogen-bond donors (Lipinski definition) is 2. The molecule has 1 aliphatic rings. The highest BCUT2D eigenvalue weighted by molar-refractivity contribution is 7.89. The summed E-state index contributed by atoms with van der Waals surface area (Å²) in [5, 5.41) is 0. The summed E-state index contributed by atoms with van der Waals surface area (Å²) in [6.45, 7) is 1.03. The van der Waals surface area contributed by atoms with Gasteiger partial charge in [0, 0.05) is 6.54 Å². The van der Waals surface area contributed by atoms with Crippen LogP contribution >= 0.6 is 0 Å². The van der Waals surface area contributed by atoms with Crippen LogP contribution in [0.4, 0.5) is 0 Å². The summed E-state index contributed by atoms with van der Waals surface area (Å²) in [6, 6.07) is 0. The number of nitrogens with two attached hydrogens (primary N) is 1. The van der Waals surface area contributed by atoms with Crippen molar-refractivity contribution in [3.8, 4) is 0 Å². The predicted molar refractivity (Wildman–Crippen MR) is 66.7 cm³/mol. The van der Waals surface area contributed by atoms with Crippen LogP contribution in [0.2, 0.25) is 0 Å². The molecule has 0 amide bonds. The van der Waals surface area contributed by atoms with Gasteiger partial charge >= 0.3 is 0 Å². The second-order valence-electron chi connectivity index (χ2n) is 4.65. The first kappa shape index (κ1) is 13.9. The molecule has 1 fully saturated rings. The minimum atomic E-state index is -3.07. The molecule has 1 saturated carbocycles. The van der Waals surface area contributed by atoms with E-state index in [1.54, 1.807) is 0 Å². The lowest BCUT2D eigenvalue weighted by Crippen LogP contribution is -2.29. The summed E-state index contributed by atoms with van der Waals surface area (Å²) in [6.07, 6.45) is 8.03. The van der Waals surface area contributed by atoms with Gasteiger partial charge in [0.25, 0.3) is 0 Å². The van der Waals surface area contributed by atoms with E-state index in [0.29, 0.717) is 19.5 Å².